The Labute approximate surface area is 85.7 Å². The number of aliphatic carboxylic acids is 1. The quantitative estimate of drug-likeness (QED) is 0.750. The lowest BCUT2D eigenvalue weighted by Gasteiger charge is -2.11. The van der Waals surface area contributed by atoms with Crippen molar-refractivity contribution in [2.24, 2.45) is 0 Å². The van der Waals surface area contributed by atoms with Gasteiger partial charge in [-0.05, 0) is 19.1 Å². The van der Waals surface area contributed by atoms with Crippen LogP contribution in [-0.4, -0.2) is 17.8 Å². The van der Waals surface area contributed by atoms with Crippen molar-refractivity contribution < 1.29 is 14.3 Å². The van der Waals surface area contributed by atoms with Gasteiger partial charge in [-0.3, -0.25) is 5.32 Å². The smallest absolute Gasteiger partial charge is 0.131 e. The third-order valence-corrected chi connectivity index (χ3v) is 3.31. The summed E-state index contributed by atoms with van der Waals surface area (Å²) >= 11 is 1.52. The van der Waals surface area contributed by atoms with E-state index in [2.05, 4.69) is 5.32 Å². The second-order valence-electron chi connectivity index (χ2n) is 3.20. The summed E-state index contributed by atoms with van der Waals surface area (Å²) in [5.74, 6) is 1.08. The molecule has 1 N–H and O–H groups in total. The Kier molecular flexibility index (Phi) is 2.52. The molecule has 14 heavy (non-hydrogen) atoms. The minimum Gasteiger partial charge on any atom is -0.548 e. The number of nitrogens with one attached hydrogen (secondary N) is 1. The van der Waals surface area contributed by atoms with Gasteiger partial charge in [0.1, 0.15) is 16.9 Å². The largest absolute Gasteiger partial charge is 0.548 e. The highest BCUT2D eigenvalue weighted by Gasteiger charge is 2.28. The molecule has 0 aliphatic carbocycles. The Balaban J connectivity index is 2.05. The first kappa shape index (κ1) is 9.61. The molecule has 0 radical (unpaired) electrons. The van der Waals surface area contributed by atoms with Gasteiger partial charge in [0.15, 0.2) is 0 Å². The van der Waals surface area contributed by atoms with Gasteiger partial charge in [0.2, 0.25) is 0 Å². The molecule has 1 aliphatic heterocycles. The average Bonchev–Trinajstić information content (AvgIpc) is 2.70. The van der Waals surface area contributed by atoms with Crippen molar-refractivity contribution in [2.45, 2.75) is 18.3 Å². The number of carbonyl (C=O) groups excluding carboxylic acids is 1. The number of carboxylic acid groups (broad SMARTS) is 1. The zero-order valence-electron chi connectivity index (χ0n) is 7.65. The average molecular weight is 212 g/mol. The lowest BCUT2D eigenvalue weighted by Crippen LogP contribution is -2.43. The standard InChI is InChI=1S/C9H11NO3S/c1-5-2-3-7(13-5)8-10-6(4-14-8)9(11)12/h2-3,6,8,10H,4H2,1H3,(H,11,12)/p-1. The zero-order valence-corrected chi connectivity index (χ0v) is 8.47. The molecule has 0 spiro atoms. The summed E-state index contributed by atoms with van der Waals surface area (Å²) in [6.45, 7) is 1.86. The molecule has 4 nitrogen and oxygen atoms in total. The number of carboxylic acids is 1. The van der Waals surface area contributed by atoms with Crippen molar-refractivity contribution in [1.82, 2.24) is 5.32 Å². The van der Waals surface area contributed by atoms with Gasteiger partial charge in [0.05, 0.1) is 12.0 Å². The number of thioether (sulfide) groups is 1. The Morgan fingerprint density at radius 1 is 1.71 bits per heavy atom. The first-order valence-corrected chi connectivity index (χ1v) is 5.36. The van der Waals surface area contributed by atoms with E-state index in [1.54, 1.807) is 0 Å². The molecule has 2 rings (SSSR count). The number of furan rings is 1. The highest BCUT2D eigenvalue weighted by Crippen LogP contribution is 2.33. The minimum atomic E-state index is -1.05. The molecular formula is C9H10NO3S-. The molecular weight excluding hydrogens is 202 g/mol. The maximum atomic E-state index is 10.6. The highest BCUT2D eigenvalue weighted by atomic mass is 32.2. The van der Waals surface area contributed by atoms with Crippen LogP contribution in [0, 0.1) is 6.92 Å². The van der Waals surface area contributed by atoms with Gasteiger partial charge < -0.3 is 14.3 Å². The third-order valence-electron chi connectivity index (χ3n) is 2.09. The van der Waals surface area contributed by atoms with E-state index < -0.39 is 12.0 Å². The lowest BCUT2D eigenvalue weighted by atomic mass is 10.3. The first-order chi connectivity index (χ1) is 6.66. The molecule has 1 aliphatic rings. The maximum absolute atomic E-state index is 10.6. The van der Waals surface area contributed by atoms with Crippen molar-refractivity contribution in [1.29, 1.82) is 0 Å². The van der Waals surface area contributed by atoms with Crippen molar-refractivity contribution in [3.05, 3.63) is 23.7 Å². The summed E-state index contributed by atoms with van der Waals surface area (Å²) < 4.78 is 5.40. The number of aryl methyl sites for hydroxylation is 1. The minimum absolute atomic E-state index is 0.0633. The van der Waals surface area contributed by atoms with E-state index in [-0.39, 0.29) is 5.37 Å². The Hall–Kier alpha value is -0.940. The normalized spacial score (nSPS) is 26.6. The van der Waals surface area contributed by atoms with E-state index in [1.165, 1.54) is 11.8 Å². The summed E-state index contributed by atoms with van der Waals surface area (Å²) in [6.07, 6.45) is 0. The van der Waals surface area contributed by atoms with Gasteiger partial charge in [0, 0.05) is 5.75 Å². The van der Waals surface area contributed by atoms with Crippen LogP contribution in [0.25, 0.3) is 0 Å². The van der Waals surface area contributed by atoms with Crippen LogP contribution < -0.4 is 10.4 Å². The van der Waals surface area contributed by atoms with Gasteiger partial charge in [-0.25, -0.2) is 0 Å². The molecule has 0 bridgehead atoms. The number of hydrogen-bond acceptors (Lipinski definition) is 5. The second-order valence-corrected chi connectivity index (χ2v) is 4.34. The van der Waals surface area contributed by atoms with Crippen LogP contribution in [0.3, 0.4) is 0 Å². The van der Waals surface area contributed by atoms with Crippen LogP contribution in [-0.2, 0) is 4.79 Å². The van der Waals surface area contributed by atoms with Crippen LogP contribution in [0.1, 0.15) is 16.9 Å². The van der Waals surface area contributed by atoms with Gasteiger partial charge in [0.25, 0.3) is 0 Å². The Morgan fingerprint density at radius 2 is 2.50 bits per heavy atom. The predicted octanol–water partition coefficient (Wildman–Crippen LogP) is 0.0415. The molecule has 1 saturated heterocycles. The summed E-state index contributed by atoms with van der Waals surface area (Å²) in [7, 11) is 0. The number of carbonyl (C=O) groups is 1. The monoisotopic (exact) mass is 212 g/mol. The molecule has 2 atom stereocenters. The fourth-order valence-electron chi connectivity index (χ4n) is 1.37. The molecule has 0 aromatic carbocycles. The van der Waals surface area contributed by atoms with Gasteiger partial charge in [-0.2, -0.15) is 0 Å². The lowest BCUT2D eigenvalue weighted by molar-refractivity contribution is -0.307. The zero-order chi connectivity index (χ0) is 10.1. The molecule has 2 heterocycles. The van der Waals surface area contributed by atoms with E-state index in [0.717, 1.165) is 11.5 Å². The van der Waals surface area contributed by atoms with Gasteiger partial charge in [-0.1, -0.05) is 0 Å². The highest BCUT2D eigenvalue weighted by molar-refractivity contribution is 7.99. The molecule has 5 heteroatoms. The van der Waals surface area contributed by atoms with E-state index in [9.17, 15) is 9.90 Å². The van der Waals surface area contributed by atoms with Gasteiger partial charge in [-0.15, -0.1) is 11.8 Å². The molecule has 1 aromatic rings. The van der Waals surface area contributed by atoms with Crippen LogP contribution in [0.4, 0.5) is 0 Å². The van der Waals surface area contributed by atoms with Crippen LogP contribution in [0.5, 0.6) is 0 Å². The SMILES string of the molecule is Cc1ccc(C2NC(C(=O)[O-])CS2)o1. The Morgan fingerprint density at radius 3 is 3.00 bits per heavy atom. The van der Waals surface area contributed by atoms with Gasteiger partial charge >= 0.3 is 0 Å². The van der Waals surface area contributed by atoms with Crippen LogP contribution in [0.2, 0.25) is 0 Å². The number of hydrogen-bond donors (Lipinski definition) is 1. The summed E-state index contributed by atoms with van der Waals surface area (Å²) in [5, 5.41) is 13.4. The topological polar surface area (TPSA) is 65.3 Å². The van der Waals surface area contributed by atoms with E-state index in [4.69, 9.17) is 4.42 Å². The first-order valence-electron chi connectivity index (χ1n) is 4.31. The van der Waals surface area contributed by atoms with Crippen LogP contribution in [0.15, 0.2) is 16.5 Å². The molecule has 0 amide bonds. The fourth-order valence-corrected chi connectivity index (χ4v) is 2.53. The third kappa shape index (κ3) is 1.78. The summed E-state index contributed by atoms with van der Waals surface area (Å²) in [4.78, 5) is 10.6. The molecule has 76 valence electrons. The van der Waals surface area contributed by atoms with Crippen molar-refractivity contribution in [3.8, 4) is 0 Å². The van der Waals surface area contributed by atoms with Crippen LogP contribution >= 0.6 is 11.8 Å². The molecule has 1 fully saturated rings. The Bertz CT molecular complexity index is 350. The second kappa shape index (κ2) is 3.67. The molecule has 1 aromatic heterocycles. The van der Waals surface area contributed by atoms with Crippen molar-refractivity contribution in [2.75, 3.05) is 5.75 Å². The van der Waals surface area contributed by atoms with Crippen molar-refractivity contribution >= 4 is 17.7 Å². The van der Waals surface area contributed by atoms with E-state index >= 15 is 0 Å². The predicted molar refractivity (Wildman–Crippen MR) is 50.6 cm³/mol. The molecule has 0 saturated carbocycles. The fraction of sp³-hybridized carbons (Fsp3) is 0.444. The summed E-state index contributed by atoms with van der Waals surface area (Å²) in [6, 6.07) is 3.15. The molecule has 2 unspecified atom stereocenters. The van der Waals surface area contributed by atoms with Crippen molar-refractivity contribution in [3.63, 3.8) is 0 Å². The van der Waals surface area contributed by atoms with E-state index in [1.807, 2.05) is 19.1 Å². The number of rotatable bonds is 2. The summed E-state index contributed by atoms with van der Waals surface area (Å²) in [5.41, 5.74) is 0. The van der Waals surface area contributed by atoms with E-state index in [0.29, 0.717) is 5.75 Å². The maximum Gasteiger partial charge on any atom is 0.131 e.